The number of nitrogens with one attached hydrogen (secondary N) is 1. The van der Waals surface area contributed by atoms with Crippen molar-refractivity contribution in [3.63, 3.8) is 0 Å². The van der Waals surface area contributed by atoms with Crippen molar-refractivity contribution in [3.8, 4) is 5.75 Å². The summed E-state index contributed by atoms with van der Waals surface area (Å²) in [7, 11) is 1.42. The normalized spacial score (nSPS) is 20.5. The topological polar surface area (TPSA) is 50.8 Å². The molecule has 1 N–H and O–H groups in total. The summed E-state index contributed by atoms with van der Waals surface area (Å²) >= 11 is 0. The third kappa shape index (κ3) is 3.96. The highest BCUT2D eigenvalue weighted by molar-refractivity contribution is 5.81. The Kier molecular flexibility index (Phi) is 5.74. The lowest BCUT2D eigenvalue weighted by Crippen LogP contribution is -2.50. The second kappa shape index (κ2) is 7.56. The van der Waals surface area contributed by atoms with Crippen LogP contribution in [0.15, 0.2) is 18.2 Å². The fourth-order valence-corrected chi connectivity index (χ4v) is 2.49. The molecule has 1 saturated heterocycles. The van der Waals surface area contributed by atoms with Gasteiger partial charge in [-0.1, -0.05) is 13.0 Å². The van der Waals surface area contributed by atoms with Crippen LogP contribution >= 0.6 is 0 Å². The van der Waals surface area contributed by atoms with Crippen LogP contribution in [0.4, 0.5) is 4.39 Å². The summed E-state index contributed by atoms with van der Waals surface area (Å²) in [5.74, 6) is -0.412. The number of rotatable bonds is 5. The fraction of sp³-hybridized carbons (Fsp3) is 0.562. The number of ether oxygens (including phenoxy) is 2. The molecule has 0 aliphatic carbocycles. The standard InChI is InChI=1S/C16H23FN2O3/c1-4-19-7-8-22-15(10-19)16(20)18-11(2)12-5-6-14(21-3)13(17)9-12/h5-6,9,11,15H,4,7-8,10H2,1-3H3,(H,18,20)/t11-,15+/m1/s1. The first-order valence-corrected chi connectivity index (χ1v) is 7.53. The number of morpholine rings is 1. The zero-order valence-electron chi connectivity index (χ0n) is 13.3. The second-order valence-electron chi connectivity index (χ2n) is 5.38. The molecule has 0 aromatic heterocycles. The predicted octanol–water partition coefficient (Wildman–Crippen LogP) is 1.73. The number of methoxy groups -OCH3 is 1. The van der Waals surface area contributed by atoms with Gasteiger partial charge >= 0.3 is 0 Å². The predicted molar refractivity (Wildman–Crippen MR) is 81.4 cm³/mol. The molecule has 0 radical (unpaired) electrons. The van der Waals surface area contributed by atoms with Gasteiger partial charge in [0.05, 0.1) is 19.8 Å². The summed E-state index contributed by atoms with van der Waals surface area (Å²) in [6, 6.07) is 4.38. The van der Waals surface area contributed by atoms with Crippen molar-refractivity contribution in [2.45, 2.75) is 26.0 Å². The van der Waals surface area contributed by atoms with Crippen LogP contribution in [-0.2, 0) is 9.53 Å². The molecule has 1 aromatic rings. The molecule has 1 aromatic carbocycles. The molecule has 0 unspecified atom stereocenters. The van der Waals surface area contributed by atoms with E-state index in [1.54, 1.807) is 12.1 Å². The monoisotopic (exact) mass is 310 g/mol. The molecule has 2 atom stereocenters. The van der Waals surface area contributed by atoms with Crippen molar-refractivity contribution in [2.24, 2.45) is 0 Å². The molecule has 1 amide bonds. The first-order valence-electron chi connectivity index (χ1n) is 7.53. The van der Waals surface area contributed by atoms with Crippen LogP contribution in [0.5, 0.6) is 5.75 Å². The number of amides is 1. The smallest absolute Gasteiger partial charge is 0.250 e. The van der Waals surface area contributed by atoms with Crippen molar-refractivity contribution in [1.82, 2.24) is 10.2 Å². The van der Waals surface area contributed by atoms with Crippen molar-refractivity contribution in [2.75, 3.05) is 33.4 Å². The number of benzene rings is 1. The van der Waals surface area contributed by atoms with Crippen molar-refractivity contribution < 1.29 is 18.7 Å². The molecule has 1 aliphatic heterocycles. The van der Waals surface area contributed by atoms with Crippen LogP contribution < -0.4 is 10.1 Å². The summed E-state index contributed by atoms with van der Waals surface area (Å²) in [5, 5.41) is 2.88. The Labute approximate surface area is 130 Å². The Morgan fingerprint density at radius 1 is 1.59 bits per heavy atom. The summed E-state index contributed by atoms with van der Waals surface area (Å²) in [5.41, 5.74) is 0.690. The molecule has 0 spiro atoms. The average molecular weight is 310 g/mol. The maximum Gasteiger partial charge on any atom is 0.250 e. The van der Waals surface area contributed by atoms with E-state index in [1.807, 2.05) is 6.92 Å². The van der Waals surface area contributed by atoms with Gasteiger partial charge in [0.2, 0.25) is 0 Å². The Morgan fingerprint density at radius 3 is 3.00 bits per heavy atom. The van der Waals surface area contributed by atoms with Crippen LogP contribution in [0, 0.1) is 5.82 Å². The maximum absolute atomic E-state index is 13.7. The molecule has 122 valence electrons. The van der Waals surface area contributed by atoms with Crippen LogP contribution in [0.1, 0.15) is 25.5 Å². The molecular weight excluding hydrogens is 287 g/mol. The van der Waals surface area contributed by atoms with Crippen LogP contribution in [0.3, 0.4) is 0 Å². The number of likely N-dealkylation sites (N-methyl/N-ethyl adjacent to an activating group) is 1. The molecular formula is C16H23FN2O3. The number of hydrogen-bond acceptors (Lipinski definition) is 4. The highest BCUT2D eigenvalue weighted by Gasteiger charge is 2.27. The summed E-state index contributed by atoms with van der Waals surface area (Å²) in [6.07, 6.45) is -0.473. The van der Waals surface area contributed by atoms with E-state index in [4.69, 9.17) is 9.47 Å². The molecule has 0 bridgehead atoms. The third-order valence-electron chi connectivity index (χ3n) is 3.92. The van der Waals surface area contributed by atoms with Gasteiger partial charge in [0.1, 0.15) is 6.10 Å². The van der Waals surface area contributed by atoms with Gasteiger partial charge < -0.3 is 14.8 Å². The van der Waals surface area contributed by atoms with Gasteiger partial charge in [0.15, 0.2) is 11.6 Å². The molecule has 0 saturated carbocycles. The summed E-state index contributed by atoms with van der Waals surface area (Å²) in [6.45, 7) is 6.76. The minimum Gasteiger partial charge on any atom is -0.494 e. The number of halogens is 1. The van der Waals surface area contributed by atoms with E-state index in [0.29, 0.717) is 18.7 Å². The largest absolute Gasteiger partial charge is 0.494 e. The van der Waals surface area contributed by atoms with E-state index in [2.05, 4.69) is 17.1 Å². The van der Waals surface area contributed by atoms with Gasteiger partial charge in [0.25, 0.3) is 5.91 Å². The minimum absolute atomic E-state index is 0.165. The Bertz CT molecular complexity index is 524. The average Bonchev–Trinajstić information content (AvgIpc) is 2.54. The zero-order chi connectivity index (χ0) is 16.1. The molecule has 6 heteroatoms. The minimum atomic E-state index is -0.473. The Balaban J connectivity index is 1.97. The zero-order valence-corrected chi connectivity index (χ0v) is 13.3. The maximum atomic E-state index is 13.7. The summed E-state index contributed by atoms with van der Waals surface area (Å²) in [4.78, 5) is 14.4. The number of carbonyl (C=O) groups excluding carboxylic acids is 1. The SMILES string of the molecule is CCN1CCO[C@H](C(=O)N[C@H](C)c2ccc(OC)c(F)c2)C1. The Hall–Kier alpha value is -1.66. The molecule has 22 heavy (non-hydrogen) atoms. The third-order valence-corrected chi connectivity index (χ3v) is 3.92. The van der Waals surface area contributed by atoms with Gasteiger partial charge in [-0.3, -0.25) is 9.69 Å². The van der Waals surface area contributed by atoms with E-state index >= 15 is 0 Å². The van der Waals surface area contributed by atoms with Crippen molar-refractivity contribution >= 4 is 5.91 Å². The molecule has 5 nitrogen and oxygen atoms in total. The van der Waals surface area contributed by atoms with Crippen molar-refractivity contribution in [3.05, 3.63) is 29.6 Å². The molecule has 2 rings (SSSR count). The van der Waals surface area contributed by atoms with Gasteiger partial charge in [-0.05, 0) is 31.2 Å². The van der Waals surface area contributed by atoms with Gasteiger partial charge in [-0.15, -0.1) is 0 Å². The number of nitrogens with zero attached hydrogens (tertiary/aromatic N) is 1. The number of carbonyl (C=O) groups is 1. The highest BCUT2D eigenvalue weighted by atomic mass is 19.1. The molecule has 1 fully saturated rings. The van der Waals surface area contributed by atoms with Crippen molar-refractivity contribution in [1.29, 1.82) is 0 Å². The first kappa shape index (κ1) is 16.7. The highest BCUT2D eigenvalue weighted by Crippen LogP contribution is 2.22. The van der Waals surface area contributed by atoms with E-state index in [-0.39, 0.29) is 17.7 Å². The molecule has 1 heterocycles. The fourth-order valence-electron chi connectivity index (χ4n) is 2.49. The lowest BCUT2D eigenvalue weighted by atomic mass is 10.1. The van der Waals surface area contributed by atoms with Gasteiger partial charge in [-0.25, -0.2) is 4.39 Å². The summed E-state index contributed by atoms with van der Waals surface area (Å²) < 4.78 is 24.1. The van der Waals surface area contributed by atoms with E-state index in [9.17, 15) is 9.18 Å². The van der Waals surface area contributed by atoms with Crippen LogP contribution in [0.2, 0.25) is 0 Å². The number of hydrogen-bond donors (Lipinski definition) is 1. The van der Waals surface area contributed by atoms with E-state index in [0.717, 1.165) is 13.1 Å². The van der Waals surface area contributed by atoms with Gasteiger partial charge in [-0.2, -0.15) is 0 Å². The first-order chi connectivity index (χ1) is 10.5. The second-order valence-corrected chi connectivity index (χ2v) is 5.38. The van der Waals surface area contributed by atoms with E-state index < -0.39 is 11.9 Å². The quantitative estimate of drug-likeness (QED) is 0.900. The van der Waals surface area contributed by atoms with Gasteiger partial charge in [0, 0.05) is 13.1 Å². The molecule has 1 aliphatic rings. The Morgan fingerprint density at radius 2 is 2.36 bits per heavy atom. The van der Waals surface area contributed by atoms with Crippen LogP contribution in [0.25, 0.3) is 0 Å². The van der Waals surface area contributed by atoms with E-state index in [1.165, 1.54) is 13.2 Å². The lowest BCUT2D eigenvalue weighted by molar-refractivity contribution is -0.139. The van der Waals surface area contributed by atoms with Crippen LogP contribution in [-0.4, -0.2) is 50.3 Å². The lowest BCUT2D eigenvalue weighted by Gasteiger charge is -2.31.